The number of nitrogens with one attached hydrogen (secondary N) is 1. The number of sulfonamides is 1. The average molecular weight is 549 g/mol. The van der Waals surface area contributed by atoms with Gasteiger partial charge in [-0.25, -0.2) is 18.1 Å². The smallest absolute Gasteiger partial charge is 0.267 e. The lowest BCUT2D eigenvalue weighted by Crippen LogP contribution is -2.30. The summed E-state index contributed by atoms with van der Waals surface area (Å²) in [6.07, 6.45) is 2.63. The highest BCUT2D eigenvalue weighted by Gasteiger charge is 2.20. The fourth-order valence-electron chi connectivity index (χ4n) is 4.22. The average Bonchev–Trinajstić information content (AvgIpc) is 3.30. The van der Waals surface area contributed by atoms with E-state index in [0.29, 0.717) is 29.5 Å². The third-order valence-corrected chi connectivity index (χ3v) is 7.25. The van der Waals surface area contributed by atoms with Crippen molar-refractivity contribution in [1.82, 2.24) is 24.6 Å². The van der Waals surface area contributed by atoms with Gasteiger partial charge in [-0.2, -0.15) is 10.1 Å². The van der Waals surface area contributed by atoms with E-state index in [-0.39, 0.29) is 22.6 Å². The number of hydrogen-bond donors (Lipinski definition) is 1. The van der Waals surface area contributed by atoms with Gasteiger partial charge in [0, 0.05) is 44.0 Å². The molecule has 0 spiro atoms. The van der Waals surface area contributed by atoms with E-state index < -0.39 is 10.0 Å². The van der Waals surface area contributed by atoms with Gasteiger partial charge in [-0.05, 0) is 55.2 Å². The molecule has 4 aromatic rings. The molecule has 11 heteroatoms. The molecule has 39 heavy (non-hydrogen) atoms. The fourth-order valence-corrected chi connectivity index (χ4v) is 5.15. The van der Waals surface area contributed by atoms with Crippen LogP contribution < -0.4 is 9.46 Å². The van der Waals surface area contributed by atoms with Crippen LogP contribution in [-0.4, -0.2) is 52.6 Å². The largest absolute Gasteiger partial charge is 0.439 e. The third kappa shape index (κ3) is 6.61. The predicted octanol–water partition coefficient (Wildman–Crippen LogP) is 4.82. The molecule has 2 aromatic heterocycles. The summed E-state index contributed by atoms with van der Waals surface area (Å²) < 4.78 is 35.8. The number of nitrogens with zero attached hydrogens (tertiary/aromatic N) is 5. The van der Waals surface area contributed by atoms with Crippen LogP contribution in [0.5, 0.6) is 11.6 Å². The number of anilines is 1. The van der Waals surface area contributed by atoms with Crippen molar-refractivity contribution >= 4 is 21.9 Å². The number of amides is 1. The molecular formula is C28H32N6O4S. The Morgan fingerprint density at radius 1 is 1.08 bits per heavy atom. The Hall–Kier alpha value is -4.25. The first-order chi connectivity index (χ1) is 18.4. The minimum atomic E-state index is -3.99. The second-order valence-electron chi connectivity index (χ2n) is 9.84. The van der Waals surface area contributed by atoms with Gasteiger partial charge in [0.2, 0.25) is 11.8 Å². The van der Waals surface area contributed by atoms with Crippen molar-refractivity contribution in [3.05, 3.63) is 77.6 Å². The lowest BCUT2D eigenvalue weighted by atomic mass is 10.00. The van der Waals surface area contributed by atoms with Crippen LogP contribution in [0.25, 0.3) is 11.3 Å². The Labute approximate surface area is 228 Å². The number of aryl methyl sites for hydroxylation is 3. The maximum Gasteiger partial charge on any atom is 0.267 e. The number of hydrogen-bond acceptors (Lipinski definition) is 7. The quantitative estimate of drug-likeness (QED) is 0.319. The van der Waals surface area contributed by atoms with Crippen molar-refractivity contribution in [3.63, 3.8) is 0 Å². The predicted molar refractivity (Wildman–Crippen MR) is 149 cm³/mol. The van der Waals surface area contributed by atoms with Gasteiger partial charge < -0.3 is 9.64 Å². The Morgan fingerprint density at radius 3 is 2.33 bits per heavy atom. The van der Waals surface area contributed by atoms with E-state index in [4.69, 9.17) is 4.74 Å². The molecule has 0 bridgehead atoms. The number of ether oxygens (including phenoxy) is 1. The molecule has 0 fully saturated rings. The van der Waals surface area contributed by atoms with Crippen molar-refractivity contribution in [1.29, 1.82) is 0 Å². The first-order valence-electron chi connectivity index (χ1n) is 12.4. The highest BCUT2D eigenvalue weighted by atomic mass is 32.2. The molecule has 2 aromatic carbocycles. The molecule has 0 atom stereocenters. The molecule has 0 radical (unpaired) electrons. The summed E-state index contributed by atoms with van der Waals surface area (Å²) in [7, 11) is -0.586. The van der Waals surface area contributed by atoms with Gasteiger partial charge in [0.1, 0.15) is 10.6 Å². The summed E-state index contributed by atoms with van der Waals surface area (Å²) in [4.78, 5) is 23.2. The summed E-state index contributed by atoms with van der Waals surface area (Å²) in [5, 5.41) is 3.94. The SMILES string of the molecule is Cc1cccc(C)c1-c1cc(Oc2ccc(C(=O)N(C)CC(C)C)cc2)nc(NS(=O)(=O)c2cnn(C)c2)n1. The van der Waals surface area contributed by atoms with Crippen LogP contribution in [0.2, 0.25) is 0 Å². The number of carbonyl (C=O) groups excluding carboxylic acids is 1. The van der Waals surface area contributed by atoms with E-state index in [9.17, 15) is 13.2 Å². The van der Waals surface area contributed by atoms with Crippen LogP contribution in [0.1, 0.15) is 35.3 Å². The summed E-state index contributed by atoms with van der Waals surface area (Å²) in [6, 6.07) is 14.2. The molecule has 2 heterocycles. The van der Waals surface area contributed by atoms with Gasteiger partial charge in [-0.1, -0.05) is 32.0 Å². The van der Waals surface area contributed by atoms with Crippen LogP contribution >= 0.6 is 0 Å². The molecule has 1 N–H and O–H groups in total. The molecule has 1 amide bonds. The first kappa shape index (κ1) is 27.8. The van der Waals surface area contributed by atoms with Crippen molar-refractivity contribution < 1.29 is 17.9 Å². The molecule has 204 valence electrons. The van der Waals surface area contributed by atoms with E-state index in [1.165, 1.54) is 17.1 Å². The Morgan fingerprint density at radius 2 is 1.74 bits per heavy atom. The zero-order valence-electron chi connectivity index (χ0n) is 22.8. The standard InChI is InChI=1S/C28H32N6O4S/c1-18(2)16-33(5)27(35)21-10-12-22(13-11-21)38-25-14-24(26-19(3)8-7-9-20(26)4)30-28(31-25)32-39(36,37)23-15-29-34(6)17-23/h7-15,17-18H,16H2,1-6H3,(H,30,31,32). The van der Waals surface area contributed by atoms with Gasteiger partial charge in [0.15, 0.2) is 0 Å². The van der Waals surface area contributed by atoms with Gasteiger partial charge in [0.05, 0.1) is 11.9 Å². The molecule has 4 rings (SSSR count). The number of benzene rings is 2. The highest BCUT2D eigenvalue weighted by molar-refractivity contribution is 7.92. The number of carbonyl (C=O) groups is 1. The first-order valence-corrected chi connectivity index (χ1v) is 13.9. The normalized spacial score (nSPS) is 11.5. The van der Waals surface area contributed by atoms with Gasteiger partial charge in [-0.15, -0.1) is 0 Å². The fraction of sp³-hybridized carbons (Fsp3) is 0.286. The van der Waals surface area contributed by atoms with Crippen LogP contribution in [-0.2, 0) is 17.1 Å². The maximum atomic E-state index is 13.0. The van der Waals surface area contributed by atoms with E-state index in [2.05, 4.69) is 33.6 Å². The minimum absolute atomic E-state index is 0.0174. The summed E-state index contributed by atoms with van der Waals surface area (Å²) in [6.45, 7) is 8.67. The van der Waals surface area contributed by atoms with E-state index in [0.717, 1.165) is 16.7 Å². The van der Waals surface area contributed by atoms with Crippen molar-refractivity contribution in [2.24, 2.45) is 13.0 Å². The molecular weight excluding hydrogens is 516 g/mol. The molecule has 0 unspecified atom stereocenters. The number of aromatic nitrogens is 4. The molecule has 0 saturated heterocycles. The highest BCUT2D eigenvalue weighted by Crippen LogP contribution is 2.31. The zero-order chi connectivity index (χ0) is 28.3. The molecule has 0 aliphatic heterocycles. The van der Waals surface area contributed by atoms with E-state index >= 15 is 0 Å². The van der Waals surface area contributed by atoms with Crippen LogP contribution in [0.15, 0.2) is 65.8 Å². The second kappa shape index (κ2) is 11.2. The molecule has 0 aliphatic carbocycles. The lowest BCUT2D eigenvalue weighted by Gasteiger charge is -2.19. The van der Waals surface area contributed by atoms with Gasteiger partial charge >= 0.3 is 0 Å². The maximum absolute atomic E-state index is 13.0. The second-order valence-corrected chi connectivity index (χ2v) is 11.5. The van der Waals surface area contributed by atoms with Crippen LogP contribution in [0.3, 0.4) is 0 Å². The minimum Gasteiger partial charge on any atom is -0.439 e. The van der Waals surface area contributed by atoms with Gasteiger partial charge in [-0.3, -0.25) is 9.48 Å². The zero-order valence-corrected chi connectivity index (χ0v) is 23.7. The van der Waals surface area contributed by atoms with Gasteiger partial charge in [0.25, 0.3) is 15.9 Å². The van der Waals surface area contributed by atoms with Crippen molar-refractivity contribution in [2.75, 3.05) is 18.3 Å². The number of rotatable bonds is 9. The molecule has 0 aliphatic rings. The van der Waals surface area contributed by atoms with Crippen molar-refractivity contribution in [3.8, 4) is 22.9 Å². The lowest BCUT2D eigenvalue weighted by molar-refractivity contribution is 0.0779. The Bertz CT molecular complexity index is 1580. The van der Waals surface area contributed by atoms with Crippen LogP contribution in [0.4, 0.5) is 5.95 Å². The molecule has 10 nitrogen and oxygen atoms in total. The van der Waals surface area contributed by atoms with E-state index in [1.807, 2.05) is 32.0 Å². The Balaban J connectivity index is 1.68. The third-order valence-electron chi connectivity index (χ3n) is 5.97. The summed E-state index contributed by atoms with van der Waals surface area (Å²) >= 11 is 0. The van der Waals surface area contributed by atoms with E-state index in [1.54, 1.807) is 49.3 Å². The van der Waals surface area contributed by atoms with Crippen molar-refractivity contribution in [2.45, 2.75) is 32.6 Å². The Kier molecular flexibility index (Phi) is 8.01. The molecule has 0 saturated carbocycles. The monoisotopic (exact) mass is 548 g/mol. The topological polar surface area (TPSA) is 119 Å². The summed E-state index contributed by atoms with van der Waals surface area (Å²) in [5.74, 6) is 0.709. The van der Waals surface area contributed by atoms with Crippen LogP contribution in [0, 0.1) is 19.8 Å². The summed E-state index contributed by atoms with van der Waals surface area (Å²) in [5.41, 5.74) is 3.82.